The zero-order valence-electron chi connectivity index (χ0n) is 11.0. The fourth-order valence-electron chi connectivity index (χ4n) is 2.09. The molecular formula is C15H14O4S. The van der Waals surface area contributed by atoms with E-state index in [1.165, 1.54) is 6.07 Å². The molecule has 0 spiro atoms. The summed E-state index contributed by atoms with van der Waals surface area (Å²) in [5, 5.41) is 0. The summed E-state index contributed by atoms with van der Waals surface area (Å²) >= 11 is 0. The molecule has 0 fully saturated rings. The molecule has 2 aromatic rings. The molecule has 0 saturated heterocycles. The van der Waals surface area contributed by atoms with Crippen LogP contribution >= 0.6 is 0 Å². The molecule has 1 aliphatic heterocycles. The maximum absolute atomic E-state index is 12.5. The van der Waals surface area contributed by atoms with Gasteiger partial charge in [-0.2, -0.15) is 0 Å². The van der Waals surface area contributed by atoms with E-state index < -0.39 is 9.84 Å². The zero-order chi connectivity index (χ0) is 14.2. The van der Waals surface area contributed by atoms with Gasteiger partial charge in [0.1, 0.15) is 27.0 Å². The Balaban J connectivity index is 2.09. The van der Waals surface area contributed by atoms with Crippen LogP contribution in [-0.2, 0) is 9.84 Å². The normalized spacial score (nSPS) is 14.8. The number of para-hydroxylation sites is 1. The van der Waals surface area contributed by atoms with Crippen molar-refractivity contribution in [2.24, 2.45) is 0 Å². The molecule has 1 aliphatic rings. The van der Waals surface area contributed by atoms with Crippen molar-refractivity contribution in [3.8, 4) is 17.2 Å². The minimum absolute atomic E-state index is 0.181. The van der Waals surface area contributed by atoms with E-state index in [9.17, 15) is 8.42 Å². The van der Waals surface area contributed by atoms with Crippen LogP contribution in [0.5, 0.6) is 17.2 Å². The van der Waals surface area contributed by atoms with Crippen molar-refractivity contribution in [2.45, 2.75) is 23.1 Å². The van der Waals surface area contributed by atoms with E-state index in [1.54, 1.807) is 36.4 Å². The maximum atomic E-state index is 12.5. The monoisotopic (exact) mass is 290 g/mol. The van der Waals surface area contributed by atoms with Gasteiger partial charge in [0.15, 0.2) is 0 Å². The first kappa shape index (κ1) is 13.0. The number of sulfone groups is 1. The second kappa shape index (κ2) is 4.83. The van der Waals surface area contributed by atoms with Crippen molar-refractivity contribution < 1.29 is 17.9 Å². The van der Waals surface area contributed by atoms with Gasteiger partial charge in [-0.1, -0.05) is 19.1 Å². The van der Waals surface area contributed by atoms with E-state index in [-0.39, 0.29) is 9.79 Å². The van der Waals surface area contributed by atoms with Gasteiger partial charge < -0.3 is 9.47 Å². The van der Waals surface area contributed by atoms with Gasteiger partial charge in [-0.05, 0) is 30.7 Å². The summed E-state index contributed by atoms with van der Waals surface area (Å²) in [5.74, 6) is 1.28. The van der Waals surface area contributed by atoms with Crippen molar-refractivity contribution >= 4 is 9.84 Å². The minimum Gasteiger partial charge on any atom is -0.493 e. The summed E-state index contributed by atoms with van der Waals surface area (Å²) in [7, 11) is -3.52. The number of fused-ring (bicyclic) bond motifs is 2. The second-order valence-corrected chi connectivity index (χ2v) is 6.40. The standard InChI is InChI=1S/C15H14O4S/c1-2-9-18-11-7-8-15-13(10-11)19-12-5-3-4-6-14(12)20(15,16)17/h3-8,10H,2,9H2,1H3. The van der Waals surface area contributed by atoms with Crippen LogP contribution in [0.15, 0.2) is 52.3 Å². The predicted octanol–water partition coefficient (Wildman–Crippen LogP) is 3.41. The Morgan fingerprint density at radius 2 is 1.80 bits per heavy atom. The van der Waals surface area contributed by atoms with Gasteiger partial charge in [-0.15, -0.1) is 0 Å². The third kappa shape index (κ3) is 2.04. The lowest BCUT2D eigenvalue weighted by molar-refractivity contribution is 0.315. The highest BCUT2D eigenvalue weighted by Gasteiger charge is 2.31. The Kier molecular flexibility index (Phi) is 3.14. The van der Waals surface area contributed by atoms with Gasteiger partial charge in [0.25, 0.3) is 0 Å². The quantitative estimate of drug-likeness (QED) is 0.741. The maximum Gasteiger partial charge on any atom is 0.213 e. The number of benzene rings is 2. The molecule has 0 N–H and O–H groups in total. The molecule has 0 atom stereocenters. The van der Waals surface area contributed by atoms with Gasteiger partial charge in [-0.25, -0.2) is 8.42 Å². The predicted molar refractivity (Wildman–Crippen MR) is 74.2 cm³/mol. The van der Waals surface area contributed by atoms with Crippen molar-refractivity contribution in [2.75, 3.05) is 6.61 Å². The summed E-state index contributed by atoms with van der Waals surface area (Å²) in [6.07, 6.45) is 0.888. The first-order chi connectivity index (χ1) is 9.63. The van der Waals surface area contributed by atoms with Gasteiger partial charge >= 0.3 is 0 Å². The molecule has 0 radical (unpaired) electrons. The van der Waals surface area contributed by atoms with Crippen LogP contribution in [0.1, 0.15) is 13.3 Å². The van der Waals surface area contributed by atoms with Crippen molar-refractivity contribution in [3.63, 3.8) is 0 Å². The lowest BCUT2D eigenvalue weighted by atomic mass is 10.3. The van der Waals surface area contributed by atoms with Crippen LogP contribution in [0.2, 0.25) is 0 Å². The molecule has 0 bridgehead atoms. The highest BCUT2D eigenvalue weighted by molar-refractivity contribution is 7.91. The Labute approximate surface area is 117 Å². The van der Waals surface area contributed by atoms with E-state index >= 15 is 0 Å². The van der Waals surface area contributed by atoms with Crippen molar-refractivity contribution in [3.05, 3.63) is 42.5 Å². The zero-order valence-corrected chi connectivity index (χ0v) is 11.8. The molecule has 1 heterocycles. The van der Waals surface area contributed by atoms with Gasteiger partial charge in [0.05, 0.1) is 6.61 Å². The molecular weight excluding hydrogens is 276 g/mol. The van der Waals surface area contributed by atoms with Gasteiger partial charge in [-0.3, -0.25) is 0 Å². The van der Waals surface area contributed by atoms with E-state index in [0.29, 0.717) is 23.9 Å². The number of hydrogen-bond donors (Lipinski definition) is 0. The molecule has 20 heavy (non-hydrogen) atoms. The number of hydrogen-bond acceptors (Lipinski definition) is 4. The number of rotatable bonds is 3. The molecule has 0 saturated carbocycles. The Hall–Kier alpha value is -2.01. The topological polar surface area (TPSA) is 52.6 Å². The molecule has 2 aromatic carbocycles. The average Bonchev–Trinajstić information content (AvgIpc) is 2.45. The lowest BCUT2D eigenvalue weighted by Gasteiger charge is -2.20. The summed E-state index contributed by atoms with van der Waals surface area (Å²) < 4.78 is 36.2. The molecule has 4 nitrogen and oxygen atoms in total. The number of ether oxygens (including phenoxy) is 2. The third-order valence-corrected chi connectivity index (χ3v) is 4.87. The molecule has 5 heteroatoms. The van der Waals surface area contributed by atoms with Gasteiger partial charge in [0.2, 0.25) is 9.84 Å². The molecule has 0 aliphatic carbocycles. The Morgan fingerprint density at radius 3 is 2.60 bits per heavy atom. The molecule has 0 amide bonds. The summed E-state index contributed by atoms with van der Waals surface area (Å²) in [6, 6.07) is 11.4. The third-order valence-electron chi connectivity index (χ3n) is 3.04. The largest absolute Gasteiger partial charge is 0.493 e. The second-order valence-electron chi connectivity index (χ2n) is 4.51. The van der Waals surface area contributed by atoms with Crippen LogP contribution in [0.25, 0.3) is 0 Å². The van der Waals surface area contributed by atoms with Crippen molar-refractivity contribution in [1.29, 1.82) is 0 Å². The summed E-state index contributed by atoms with van der Waals surface area (Å²) in [4.78, 5) is 0.384. The van der Waals surface area contributed by atoms with Gasteiger partial charge in [0, 0.05) is 6.07 Å². The van der Waals surface area contributed by atoms with Crippen LogP contribution < -0.4 is 9.47 Å². The first-order valence-corrected chi connectivity index (χ1v) is 7.90. The van der Waals surface area contributed by atoms with Crippen LogP contribution in [0.4, 0.5) is 0 Å². The Morgan fingerprint density at radius 1 is 1.05 bits per heavy atom. The van der Waals surface area contributed by atoms with E-state index in [0.717, 1.165) is 6.42 Å². The highest BCUT2D eigenvalue weighted by atomic mass is 32.2. The van der Waals surface area contributed by atoms with Crippen molar-refractivity contribution in [1.82, 2.24) is 0 Å². The first-order valence-electron chi connectivity index (χ1n) is 6.42. The SMILES string of the molecule is CCCOc1ccc2c(c1)Oc1ccccc1S2(=O)=O. The summed E-state index contributed by atoms with van der Waals surface area (Å²) in [6.45, 7) is 2.59. The summed E-state index contributed by atoms with van der Waals surface area (Å²) in [5.41, 5.74) is 0. The van der Waals surface area contributed by atoms with Crippen LogP contribution in [0, 0.1) is 0 Å². The molecule has 0 aromatic heterocycles. The Bertz CT molecular complexity index is 750. The van der Waals surface area contributed by atoms with Crippen LogP contribution in [-0.4, -0.2) is 15.0 Å². The molecule has 3 rings (SSSR count). The average molecular weight is 290 g/mol. The fourth-order valence-corrected chi connectivity index (χ4v) is 3.58. The molecule has 104 valence electrons. The van der Waals surface area contributed by atoms with E-state index in [2.05, 4.69) is 0 Å². The minimum atomic E-state index is -3.52. The fraction of sp³-hybridized carbons (Fsp3) is 0.200. The highest BCUT2D eigenvalue weighted by Crippen LogP contribution is 2.43. The smallest absolute Gasteiger partial charge is 0.213 e. The van der Waals surface area contributed by atoms with Crippen LogP contribution in [0.3, 0.4) is 0 Å². The van der Waals surface area contributed by atoms with E-state index in [4.69, 9.17) is 9.47 Å². The molecule has 0 unspecified atom stereocenters. The van der Waals surface area contributed by atoms with E-state index in [1.807, 2.05) is 6.92 Å². The lowest BCUT2D eigenvalue weighted by Crippen LogP contribution is -2.11.